The predicted molar refractivity (Wildman–Crippen MR) is 106 cm³/mol. The Morgan fingerprint density at radius 2 is 1.89 bits per heavy atom. The van der Waals surface area contributed by atoms with Crippen molar-refractivity contribution in [3.05, 3.63) is 52.5 Å². The molecule has 0 aliphatic rings. The molecule has 2 rings (SSSR count). The van der Waals surface area contributed by atoms with E-state index in [4.69, 9.17) is 11.6 Å². The molecule has 0 bridgehead atoms. The van der Waals surface area contributed by atoms with Crippen molar-refractivity contribution in [2.75, 3.05) is 24.6 Å². The molecule has 144 valence electrons. The van der Waals surface area contributed by atoms with Crippen LogP contribution in [0.3, 0.4) is 0 Å². The van der Waals surface area contributed by atoms with Crippen LogP contribution in [0.2, 0.25) is 5.02 Å². The van der Waals surface area contributed by atoms with Crippen LogP contribution in [-0.4, -0.2) is 44.6 Å². The third-order valence-corrected chi connectivity index (χ3v) is 5.81. The van der Waals surface area contributed by atoms with Gasteiger partial charge in [0.15, 0.2) is 0 Å². The maximum atomic E-state index is 12.3. The number of carbonyl (C=O) groups is 1. The zero-order chi connectivity index (χ0) is 20.4. The van der Waals surface area contributed by atoms with Gasteiger partial charge in [0.05, 0.1) is 21.8 Å². The normalized spacial score (nSPS) is 11.3. The van der Waals surface area contributed by atoms with Gasteiger partial charge in [0.1, 0.15) is 0 Å². The van der Waals surface area contributed by atoms with Crippen LogP contribution in [0, 0.1) is 6.92 Å². The number of nitrogens with zero attached hydrogens (tertiary/aromatic N) is 3. The first-order valence-electron chi connectivity index (χ1n) is 7.67. The lowest BCUT2D eigenvalue weighted by molar-refractivity contribution is 0.0697. The molecule has 0 saturated heterocycles. The monoisotopic (exact) mass is 410 g/mol. The molecule has 0 heterocycles. The first-order valence-corrected chi connectivity index (χ1v) is 9.49. The molecule has 0 radical (unpaired) electrons. The number of rotatable bonds is 7. The van der Waals surface area contributed by atoms with Gasteiger partial charge in [-0.3, -0.25) is 5.43 Å². The minimum Gasteiger partial charge on any atom is -0.478 e. The van der Waals surface area contributed by atoms with Crippen molar-refractivity contribution in [1.29, 1.82) is 0 Å². The van der Waals surface area contributed by atoms with E-state index in [0.29, 0.717) is 10.7 Å². The number of hydrogen-bond donors (Lipinski definition) is 2. The van der Waals surface area contributed by atoms with Gasteiger partial charge in [0, 0.05) is 25.8 Å². The molecule has 8 nitrogen and oxygen atoms in total. The number of hydrazine groups is 1. The van der Waals surface area contributed by atoms with Gasteiger partial charge in [-0.15, -0.1) is 0 Å². The van der Waals surface area contributed by atoms with E-state index >= 15 is 0 Å². The van der Waals surface area contributed by atoms with Gasteiger partial charge < -0.3 is 5.11 Å². The highest BCUT2D eigenvalue weighted by Gasteiger charge is 2.23. The van der Waals surface area contributed by atoms with Gasteiger partial charge in [0.25, 0.3) is 0 Å². The van der Waals surface area contributed by atoms with Crippen LogP contribution in [0.15, 0.2) is 46.4 Å². The van der Waals surface area contributed by atoms with Gasteiger partial charge in [-0.1, -0.05) is 11.6 Å². The number of anilines is 2. The number of carboxylic acids is 1. The van der Waals surface area contributed by atoms with Crippen molar-refractivity contribution in [3.63, 3.8) is 0 Å². The van der Waals surface area contributed by atoms with Crippen molar-refractivity contribution in [3.8, 4) is 0 Å². The summed E-state index contributed by atoms with van der Waals surface area (Å²) in [6.45, 7) is 5.27. The highest BCUT2D eigenvalue weighted by Crippen LogP contribution is 2.28. The number of hydrazone groups is 1. The second-order valence-electron chi connectivity index (χ2n) is 5.80. The van der Waals surface area contributed by atoms with Crippen LogP contribution in [-0.2, 0) is 10.0 Å². The van der Waals surface area contributed by atoms with E-state index in [1.165, 1.54) is 26.2 Å². The Balaban J connectivity index is 2.51. The first-order chi connectivity index (χ1) is 12.6. The summed E-state index contributed by atoms with van der Waals surface area (Å²) >= 11 is 5.94. The predicted octanol–water partition coefficient (Wildman–Crippen LogP) is 3.05. The van der Waals surface area contributed by atoms with Gasteiger partial charge in [-0.05, 0) is 48.9 Å². The van der Waals surface area contributed by atoms with Crippen LogP contribution in [0.1, 0.15) is 15.9 Å². The molecule has 0 aliphatic carbocycles. The van der Waals surface area contributed by atoms with Crippen molar-refractivity contribution in [2.45, 2.75) is 11.8 Å². The number of sulfonamides is 1. The Morgan fingerprint density at radius 1 is 1.22 bits per heavy atom. The number of aryl methyl sites for hydroxylation is 1. The summed E-state index contributed by atoms with van der Waals surface area (Å²) < 4.78 is 25.6. The molecule has 0 saturated carbocycles. The molecule has 0 aliphatic heterocycles. The van der Waals surface area contributed by atoms with Crippen molar-refractivity contribution >= 4 is 45.7 Å². The molecule has 2 aromatic carbocycles. The molecular formula is C17H19ClN4O4S. The number of hydrogen-bond acceptors (Lipinski definition) is 6. The van der Waals surface area contributed by atoms with Crippen LogP contribution < -0.4 is 10.5 Å². The van der Waals surface area contributed by atoms with E-state index in [2.05, 4.69) is 17.2 Å². The average Bonchev–Trinajstić information content (AvgIpc) is 2.60. The van der Waals surface area contributed by atoms with Crippen molar-refractivity contribution < 1.29 is 18.3 Å². The van der Waals surface area contributed by atoms with Crippen molar-refractivity contribution in [1.82, 2.24) is 4.31 Å². The van der Waals surface area contributed by atoms with Crippen LogP contribution in [0.4, 0.5) is 11.4 Å². The van der Waals surface area contributed by atoms with E-state index in [1.54, 1.807) is 18.2 Å². The summed E-state index contributed by atoms with van der Waals surface area (Å²) in [5.41, 5.74) is 4.26. The highest BCUT2D eigenvalue weighted by atomic mass is 35.5. The fourth-order valence-electron chi connectivity index (χ4n) is 2.28. The summed E-state index contributed by atoms with van der Waals surface area (Å²) in [7, 11) is -1.05. The van der Waals surface area contributed by atoms with Crippen molar-refractivity contribution in [2.24, 2.45) is 5.10 Å². The van der Waals surface area contributed by atoms with E-state index < -0.39 is 16.0 Å². The lowest BCUT2D eigenvalue weighted by atomic mass is 10.2. The molecule has 0 fully saturated rings. The third kappa shape index (κ3) is 4.38. The quantitative estimate of drug-likeness (QED) is 0.537. The fraction of sp³-hybridized carbons (Fsp3) is 0.176. The van der Waals surface area contributed by atoms with E-state index in [1.807, 2.05) is 6.92 Å². The molecule has 0 unspecified atom stereocenters. The molecule has 0 aromatic heterocycles. The Morgan fingerprint density at radius 3 is 2.41 bits per heavy atom. The van der Waals surface area contributed by atoms with Gasteiger partial charge in [-0.25, -0.2) is 17.5 Å². The molecule has 0 spiro atoms. The second kappa shape index (κ2) is 7.95. The zero-order valence-electron chi connectivity index (χ0n) is 15.0. The number of carboxylic acid groups (broad SMARTS) is 1. The Hall–Kier alpha value is -2.62. The maximum absolute atomic E-state index is 12.3. The Bertz CT molecular complexity index is 992. The summed E-state index contributed by atoms with van der Waals surface area (Å²) in [5.74, 6) is -1.30. The molecule has 27 heavy (non-hydrogen) atoms. The lowest BCUT2D eigenvalue weighted by Crippen LogP contribution is -2.27. The fourth-order valence-corrected chi connectivity index (χ4v) is 3.44. The number of nitrogens with one attached hydrogen (secondary N) is 1. The Kier molecular flexibility index (Phi) is 6.09. The van der Waals surface area contributed by atoms with Crippen LogP contribution >= 0.6 is 11.6 Å². The average molecular weight is 411 g/mol. The summed E-state index contributed by atoms with van der Waals surface area (Å²) in [6.07, 6.45) is 0. The second-order valence-corrected chi connectivity index (χ2v) is 8.38. The SMILES string of the molecule is C=NN(Nc1ccc(Cl)cc1C)c1ccc(S(=O)(=O)N(C)C)cc1C(=O)O. The van der Waals surface area contributed by atoms with E-state index in [-0.39, 0.29) is 16.1 Å². The van der Waals surface area contributed by atoms with Gasteiger partial charge in [0.2, 0.25) is 10.0 Å². The van der Waals surface area contributed by atoms with Crippen LogP contribution in [0.25, 0.3) is 0 Å². The molecule has 10 heteroatoms. The molecular weight excluding hydrogens is 392 g/mol. The van der Waals surface area contributed by atoms with E-state index in [0.717, 1.165) is 21.1 Å². The summed E-state index contributed by atoms with van der Waals surface area (Å²) in [4.78, 5) is 11.6. The smallest absolute Gasteiger partial charge is 0.338 e. The summed E-state index contributed by atoms with van der Waals surface area (Å²) in [5, 5.41) is 15.1. The standard InChI is InChI=1S/C17H19ClN4O4S/c1-11-9-12(18)5-7-15(11)20-22(19-2)16-8-6-13(10-14(16)17(23)24)27(25,26)21(3)4/h5-10,20H,2H2,1,3-4H3,(H,23,24). The number of aromatic carboxylic acids is 1. The lowest BCUT2D eigenvalue weighted by Gasteiger charge is -2.23. The van der Waals surface area contributed by atoms with Gasteiger partial charge >= 0.3 is 5.97 Å². The minimum absolute atomic E-state index is 0.129. The van der Waals surface area contributed by atoms with E-state index in [9.17, 15) is 18.3 Å². The van der Waals surface area contributed by atoms with Crippen LogP contribution in [0.5, 0.6) is 0 Å². The zero-order valence-corrected chi connectivity index (χ0v) is 16.5. The minimum atomic E-state index is -3.78. The highest BCUT2D eigenvalue weighted by molar-refractivity contribution is 7.89. The summed E-state index contributed by atoms with van der Waals surface area (Å²) in [6, 6.07) is 8.86. The number of halogens is 1. The maximum Gasteiger partial charge on any atom is 0.338 e. The molecule has 0 amide bonds. The molecule has 2 aromatic rings. The first kappa shape index (κ1) is 20.7. The number of benzene rings is 2. The van der Waals surface area contributed by atoms with Gasteiger partial charge in [-0.2, -0.15) is 10.2 Å². The molecule has 0 atom stereocenters. The third-order valence-electron chi connectivity index (χ3n) is 3.76. The largest absolute Gasteiger partial charge is 0.478 e. The topological polar surface area (TPSA) is 102 Å². The Labute approximate surface area is 162 Å². The molecule has 2 N–H and O–H groups in total.